The molecule has 0 aliphatic heterocycles. The van der Waals surface area contributed by atoms with Crippen LogP contribution in [0.5, 0.6) is 0 Å². The average Bonchev–Trinajstić information content (AvgIpc) is 3.14. The van der Waals surface area contributed by atoms with Crippen LogP contribution in [0.25, 0.3) is 5.65 Å². The van der Waals surface area contributed by atoms with Crippen molar-refractivity contribution >= 4 is 40.8 Å². The number of methoxy groups -OCH3 is 2. The molecule has 0 bridgehead atoms. The van der Waals surface area contributed by atoms with Gasteiger partial charge >= 0.3 is 18.1 Å². The monoisotopic (exact) mass is 469 g/mol. The Balaban J connectivity index is 1.85. The van der Waals surface area contributed by atoms with Crippen LogP contribution in [0.15, 0.2) is 36.7 Å². The zero-order valence-corrected chi connectivity index (χ0v) is 17.4. The quantitative estimate of drug-likeness (QED) is 0.571. The predicted molar refractivity (Wildman–Crippen MR) is 107 cm³/mol. The Kier molecular flexibility index (Phi) is 6.40. The van der Waals surface area contributed by atoms with Gasteiger partial charge in [-0.15, -0.1) is 0 Å². The molecule has 0 radical (unpaired) electrons. The molecule has 0 unspecified atom stereocenters. The van der Waals surface area contributed by atoms with Crippen LogP contribution < -0.4 is 5.32 Å². The minimum absolute atomic E-state index is 0.00453. The first kappa shape index (κ1) is 23.1. The van der Waals surface area contributed by atoms with Gasteiger partial charge in [-0.2, -0.15) is 13.2 Å². The Morgan fingerprint density at radius 2 is 1.62 bits per heavy atom. The van der Waals surface area contributed by atoms with E-state index in [1.165, 1.54) is 24.4 Å². The lowest BCUT2D eigenvalue weighted by Crippen LogP contribution is -2.16. The summed E-state index contributed by atoms with van der Waals surface area (Å²) in [4.78, 5) is 40.2. The summed E-state index contributed by atoms with van der Waals surface area (Å²) in [5, 5.41) is 2.28. The number of alkyl halides is 3. The van der Waals surface area contributed by atoms with Gasteiger partial charge in [0.2, 0.25) is 5.91 Å². The largest absolute Gasteiger partial charge is 0.465 e. The van der Waals surface area contributed by atoms with Crippen LogP contribution in [0, 0.1) is 0 Å². The second-order valence-electron chi connectivity index (χ2n) is 6.54. The van der Waals surface area contributed by atoms with E-state index in [0.29, 0.717) is 0 Å². The number of benzene rings is 1. The summed E-state index contributed by atoms with van der Waals surface area (Å²) in [5.41, 5.74) is -0.628. The number of hydrogen-bond donors (Lipinski definition) is 1. The summed E-state index contributed by atoms with van der Waals surface area (Å²) in [6.07, 6.45) is -2.84. The van der Waals surface area contributed by atoms with E-state index in [1.807, 2.05) is 0 Å². The third-order valence-corrected chi connectivity index (χ3v) is 4.56. The van der Waals surface area contributed by atoms with Gasteiger partial charge in [0.25, 0.3) is 0 Å². The maximum absolute atomic E-state index is 13.0. The molecule has 3 aromatic rings. The summed E-state index contributed by atoms with van der Waals surface area (Å²) in [7, 11) is 2.31. The van der Waals surface area contributed by atoms with Gasteiger partial charge in [-0.3, -0.25) is 4.79 Å². The Morgan fingerprint density at radius 3 is 2.16 bits per heavy atom. The van der Waals surface area contributed by atoms with E-state index in [-0.39, 0.29) is 39.6 Å². The Labute approximate surface area is 183 Å². The molecule has 1 N–H and O–H groups in total. The maximum atomic E-state index is 13.0. The fourth-order valence-corrected chi connectivity index (χ4v) is 3.15. The van der Waals surface area contributed by atoms with E-state index < -0.39 is 29.6 Å². The number of hydrogen-bond acceptors (Lipinski definition) is 6. The van der Waals surface area contributed by atoms with E-state index in [1.54, 1.807) is 0 Å². The molecule has 0 saturated carbocycles. The van der Waals surface area contributed by atoms with Crippen LogP contribution in [0.4, 0.5) is 18.9 Å². The summed E-state index contributed by atoms with van der Waals surface area (Å²) in [6, 6.07) is 4.59. The number of nitrogens with one attached hydrogen (secondary N) is 1. The Bertz CT molecular complexity index is 1190. The number of pyridine rings is 1. The number of fused-ring (bicyclic) bond motifs is 1. The highest BCUT2D eigenvalue weighted by atomic mass is 35.5. The SMILES string of the molecule is COC(=O)c1cc(NC(=O)Cc2cn3cc(C(F)(F)F)cc(Cl)c3n2)cc(C(=O)OC)c1. The highest BCUT2D eigenvalue weighted by Crippen LogP contribution is 2.32. The smallest absolute Gasteiger partial charge is 0.417 e. The molecule has 3 rings (SSSR count). The molecule has 32 heavy (non-hydrogen) atoms. The predicted octanol–water partition coefficient (Wildman–Crippen LogP) is 3.76. The summed E-state index contributed by atoms with van der Waals surface area (Å²) in [6.45, 7) is 0. The third-order valence-electron chi connectivity index (χ3n) is 4.28. The number of nitrogens with zero attached hydrogens (tertiary/aromatic N) is 2. The fourth-order valence-electron chi connectivity index (χ4n) is 2.89. The number of ether oxygens (including phenoxy) is 2. The van der Waals surface area contributed by atoms with Gasteiger partial charge in [0, 0.05) is 18.1 Å². The number of carbonyl (C=O) groups is 3. The molecular formula is C20H15ClF3N3O5. The topological polar surface area (TPSA) is 99.0 Å². The summed E-state index contributed by atoms with van der Waals surface area (Å²) < 4.78 is 49.2. The van der Waals surface area contributed by atoms with Crippen LogP contribution in [-0.4, -0.2) is 41.5 Å². The Morgan fingerprint density at radius 1 is 1.03 bits per heavy atom. The summed E-state index contributed by atoms with van der Waals surface area (Å²) >= 11 is 5.90. The first-order chi connectivity index (χ1) is 15.0. The van der Waals surface area contributed by atoms with Crippen molar-refractivity contribution < 1.29 is 37.0 Å². The minimum Gasteiger partial charge on any atom is -0.465 e. The number of anilines is 1. The lowest BCUT2D eigenvalue weighted by atomic mass is 10.1. The number of esters is 2. The van der Waals surface area contributed by atoms with Gasteiger partial charge in [-0.1, -0.05) is 11.6 Å². The molecule has 0 fully saturated rings. The Hall–Kier alpha value is -3.60. The number of aromatic nitrogens is 2. The van der Waals surface area contributed by atoms with Gasteiger partial charge in [-0.25, -0.2) is 14.6 Å². The van der Waals surface area contributed by atoms with Crippen molar-refractivity contribution in [1.82, 2.24) is 9.38 Å². The van der Waals surface area contributed by atoms with Crippen LogP contribution in [-0.2, 0) is 26.9 Å². The minimum atomic E-state index is -4.60. The molecule has 0 atom stereocenters. The van der Waals surface area contributed by atoms with Crippen molar-refractivity contribution in [3.05, 3.63) is 64.1 Å². The molecule has 8 nitrogen and oxygen atoms in total. The fraction of sp³-hybridized carbons (Fsp3) is 0.200. The number of rotatable bonds is 5. The lowest BCUT2D eigenvalue weighted by Gasteiger charge is -2.09. The summed E-state index contributed by atoms with van der Waals surface area (Å²) in [5.74, 6) is -2.07. The first-order valence-corrected chi connectivity index (χ1v) is 9.25. The van der Waals surface area contributed by atoms with Gasteiger partial charge in [0.15, 0.2) is 5.65 Å². The number of carbonyl (C=O) groups excluding carboxylic acids is 3. The molecule has 0 saturated heterocycles. The molecule has 1 aromatic carbocycles. The first-order valence-electron chi connectivity index (χ1n) is 8.87. The van der Waals surface area contributed by atoms with E-state index >= 15 is 0 Å². The van der Waals surface area contributed by atoms with Crippen LogP contribution >= 0.6 is 11.6 Å². The van der Waals surface area contributed by atoms with E-state index in [9.17, 15) is 27.6 Å². The molecular weight excluding hydrogens is 455 g/mol. The molecule has 2 heterocycles. The molecule has 0 aliphatic carbocycles. The maximum Gasteiger partial charge on any atom is 0.417 e. The highest BCUT2D eigenvalue weighted by molar-refractivity contribution is 6.33. The second-order valence-corrected chi connectivity index (χ2v) is 6.95. The van der Waals surface area contributed by atoms with Crippen LogP contribution in [0.2, 0.25) is 5.02 Å². The lowest BCUT2D eigenvalue weighted by molar-refractivity contribution is -0.137. The molecule has 12 heteroatoms. The van der Waals surface area contributed by atoms with Gasteiger partial charge in [-0.05, 0) is 24.3 Å². The van der Waals surface area contributed by atoms with Crippen molar-refractivity contribution in [2.24, 2.45) is 0 Å². The van der Waals surface area contributed by atoms with Crippen LogP contribution in [0.1, 0.15) is 32.0 Å². The number of amides is 1. The molecule has 1 amide bonds. The van der Waals surface area contributed by atoms with E-state index in [2.05, 4.69) is 19.8 Å². The zero-order valence-electron chi connectivity index (χ0n) is 16.6. The van der Waals surface area contributed by atoms with Gasteiger partial charge in [0.05, 0.1) is 48.0 Å². The van der Waals surface area contributed by atoms with E-state index in [0.717, 1.165) is 30.9 Å². The zero-order chi connectivity index (χ0) is 23.6. The standard InChI is InChI=1S/C20H15ClF3N3O5/c1-31-18(29)10-3-11(19(30)32-2)5-13(4-10)25-16(28)7-14-9-27-8-12(20(22,23)24)6-15(21)17(27)26-14/h3-6,8-9H,7H2,1-2H3,(H,25,28). The molecule has 0 spiro atoms. The van der Waals surface area contributed by atoms with Crippen molar-refractivity contribution in [3.8, 4) is 0 Å². The normalized spacial score (nSPS) is 11.3. The average molecular weight is 470 g/mol. The number of halogens is 4. The van der Waals surface area contributed by atoms with Gasteiger partial charge in [0.1, 0.15) is 0 Å². The van der Waals surface area contributed by atoms with Crippen LogP contribution in [0.3, 0.4) is 0 Å². The number of imidazole rings is 1. The second kappa shape index (κ2) is 8.87. The van der Waals surface area contributed by atoms with Gasteiger partial charge < -0.3 is 19.2 Å². The molecule has 2 aromatic heterocycles. The van der Waals surface area contributed by atoms with Crippen molar-refractivity contribution in [2.45, 2.75) is 12.6 Å². The third kappa shape index (κ3) is 4.99. The van der Waals surface area contributed by atoms with E-state index in [4.69, 9.17) is 11.6 Å². The van der Waals surface area contributed by atoms with Crippen molar-refractivity contribution in [1.29, 1.82) is 0 Å². The molecule has 0 aliphatic rings. The molecule has 168 valence electrons. The van der Waals surface area contributed by atoms with Crippen molar-refractivity contribution in [3.63, 3.8) is 0 Å². The highest BCUT2D eigenvalue weighted by Gasteiger charge is 2.32. The van der Waals surface area contributed by atoms with Crippen molar-refractivity contribution in [2.75, 3.05) is 19.5 Å².